The van der Waals surface area contributed by atoms with Gasteiger partial charge < -0.3 is 36.8 Å². The monoisotopic (exact) mass is 726 g/mol. The van der Waals surface area contributed by atoms with Crippen LogP contribution in [0.1, 0.15) is 72.8 Å². The number of anilines is 1. The molecule has 0 aliphatic rings. The van der Waals surface area contributed by atoms with Gasteiger partial charge in [-0.1, -0.05) is 53.7 Å². The number of hydrogen-bond donors (Lipinski definition) is 7. The van der Waals surface area contributed by atoms with Gasteiger partial charge in [0.25, 0.3) is 5.69 Å². The lowest BCUT2D eigenvalue weighted by Gasteiger charge is -2.29. The molecule has 7 N–H and O–H groups in total. The van der Waals surface area contributed by atoms with Crippen molar-refractivity contribution in [2.24, 2.45) is 17.8 Å². The maximum absolute atomic E-state index is 13.8. The Morgan fingerprint density at radius 1 is 0.673 bits per heavy atom. The quantitative estimate of drug-likeness (QED) is 0.0776. The summed E-state index contributed by atoms with van der Waals surface area (Å²) in [6, 6.07) is 6.67. The number of nitro groups is 1. The van der Waals surface area contributed by atoms with E-state index in [1.165, 1.54) is 36.4 Å². The number of nitrogens with zero attached hydrogens (tertiary/aromatic N) is 1. The number of carbonyl (C=O) groups is 6. The Morgan fingerprint density at radius 3 is 1.69 bits per heavy atom. The Kier molecular flexibility index (Phi) is 16.7. The molecule has 5 amide bonds. The van der Waals surface area contributed by atoms with E-state index in [0.29, 0.717) is 5.56 Å². The smallest absolute Gasteiger partial charge is 0.303 e. The van der Waals surface area contributed by atoms with Crippen LogP contribution in [0.15, 0.2) is 48.5 Å². The number of aromatic hydroxyl groups is 1. The van der Waals surface area contributed by atoms with Gasteiger partial charge in [0.05, 0.1) is 11.3 Å². The number of aliphatic carboxylic acids is 1. The molecule has 4 atom stereocenters. The number of phenols is 1. The summed E-state index contributed by atoms with van der Waals surface area (Å²) in [5, 5.41) is 43.0. The van der Waals surface area contributed by atoms with E-state index >= 15 is 0 Å². The van der Waals surface area contributed by atoms with Gasteiger partial charge >= 0.3 is 5.97 Å². The van der Waals surface area contributed by atoms with E-state index in [1.807, 2.05) is 27.7 Å². The van der Waals surface area contributed by atoms with Crippen LogP contribution in [-0.2, 0) is 35.2 Å². The molecule has 2 rings (SSSR count). The fraction of sp³-hybridized carbons (Fsp3) is 0.500. The van der Waals surface area contributed by atoms with E-state index < -0.39 is 76.9 Å². The third kappa shape index (κ3) is 14.7. The summed E-state index contributed by atoms with van der Waals surface area (Å²) in [5.74, 6) is -5.00. The van der Waals surface area contributed by atoms with Crippen molar-refractivity contribution in [2.45, 2.75) is 97.8 Å². The summed E-state index contributed by atoms with van der Waals surface area (Å²) in [5.41, 5.74) is 0.665. The van der Waals surface area contributed by atoms with Gasteiger partial charge in [-0.25, -0.2) is 0 Å². The molecular weight excluding hydrogens is 676 g/mol. The van der Waals surface area contributed by atoms with Crippen molar-refractivity contribution in [3.63, 3.8) is 0 Å². The fourth-order valence-corrected chi connectivity index (χ4v) is 5.19. The number of benzene rings is 2. The molecule has 284 valence electrons. The van der Waals surface area contributed by atoms with Gasteiger partial charge in [0.1, 0.15) is 29.9 Å². The lowest BCUT2D eigenvalue weighted by atomic mass is 9.98. The maximum atomic E-state index is 13.8. The maximum Gasteiger partial charge on any atom is 0.303 e. The Hall–Kier alpha value is -5.54. The third-order valence-electron chi connectivity index (χ3n) is 7.87. The third-order valence-corrected chi connectivity index (χ3v) is 7.87. The second-order valence-corrected chi connectivity index (χ2v) is 13.8. The van der Waals surface area contributed by atoms with Crippen LogP contribution in [0, 0.1) is 27.9 Å². The molecule has 0 aromatic heterocycles. The summed E-state index contributed by atoms with van der Waals surface area (Å²) >= 11 is 0. The Bertz CT molecular complexity index is 1560. The molecule has 0 saturated heterocycles. The highest BCUT2D eigenvalue weighted by atomic mass is 16.6. The standard InChI is InChI=1S/C36H50N6O10/c1-20(2)17-27(38-30(44)15-16-31(45)46)34(48)39-28(18-21(3)4)35(49)41-32(22(5)6)36(50)40-29(19-23-7-13-26(43)14-8-23)33(47)37-24-9-11-25(12-10-24)42(51)52/h7-14,20-22,27-29,32,43H,15-19H2,1-6H3,(H,37,47)(H,38,44)(H,39,48)(H,40,50)(H,41,49)(H,45,46). The summed E-state index contributed by atoms with van der Waals surface area (Å²) in [6.07, 6.45) is -0.328. The molecule has 16 nitrogen and oxygen atoms in total. The predicted octanol–water partition coefficient (Wildman–Crippen LogP) is 3.03. The van der Waals surface area contributed by atoms with Crippen LogP contribution in [0.25, 0.3) is 0 Å². The van der Waals surface area contributed by atoms with Crippen molar-refractivity contribution >= 4 is 46.9 Å². The average Bonchev–Trinajstić information content (AvgIpc) is 3.05. The lowest BCUT2D eigenvalue weighted by Crippen LogP contribution is -2.59. The van der Waals surface area contributed by atoms with Gasteiger partial charge in [0.15, 0.2) is 0 Å². The van der Waals surface area contributed by atoms with Crippen molar-refractivity contribution in [3.8, 4) is 5.75 Å². The predicted molar refractivity (Wildman–Crippen MR) is 192 cm³/mol. The van der Waals surface area contributed by atoms with Crippen LogP contribution >= 0.6 is 0 Å². The van der Waals surface area contributed by atoms with Gasteiger partial charge in [-0.3, -0.25) is 38.9 Å². The topological polar surface area (TPSA) is 246 Å². The van der Waals surface area contributed by atoms with Gasteiger partial charge in [0, 0.05) is 30.7 Å². The molecule has 0 aliphatic carbocycles. The molecule has 0 aliphatic heterocycles. The van der Waals surface area contributed by atoms with Gasteiger partial charge in [0.2, 0.25) is 29.5 Å². The summed E-state index contributed by atoms with van der Waals surface area (Å²) in [6.45, 7) is 10.8. The Labute approximate surface area is 302 Å². The van der Waals surface area contributed by atoms with E-state index in [-0.39, 0.29) is 54.6 Å². The highest BCUT2D eigenvalue weighted by Crippen LogP contribution is 2.18. The molecule has 0 radical (unpaired) electrons. The summed E-state index contributed by atoms with van der Waals surface area (Å²) < 4.78 is 0. The van der Waals surface area contributed by atoms with Gasteiger partial charge in [-0.05, 0) is 60.4 Å². The normalized spacial score (nSPS) is 13.4. The molecule has 2 aromatic rings. The Morgan fingerprint density at radius 2 is 1.19 bits per heavy atom. The first-order valence-electron chi connectivity index (χ1n) is 17.1. The molecule has 0 saturated carbocycles. The van der Waals surface area contributed by atoms with E-state index in [0.717, 1.165) is 0 Å². The molecule has 16 heteroatoms. The minimum atomic E-state index is -1.18. The van der Waals surface area contributed by atoms with E-state index in [4.69, 9.17) is 5.11 Å². The number of nitrogens with one attached hydrogen (secondary N) is 5. The number of carboxylic acids is 1. The van der Waals surface area contributed by atoms with Gasteiger partial charge in [-0.2, -0.15) is 0 Å². The average molecular weight is 727 g/mol. The number of non-ortho nitro benzene ring substituents is 1. The SMILES string of the molecule is CC(C)CC(NC(=O)CCC(=O)O)C(=O)NC(CC(C)C)C(=O)NC(C(=O)NC(Cc1ccc(O)cc1)C(=O)Nc1ccc([N+](=O)[O-])cc1)C(C)C. The highest BCUT2D eigenvalue weighted by Gasteiger charge is 2.33. The number of hydrogen-bond acceptors (Lipinski definition) is 9. The number of amides is 5. The van der Waals surface area contributed by atoms with Crippen LogP contribution in [-0.4, -0.2) is 74.8 Å². The molecule has 2 aromatic carbocycles. The summed E-state index contributed by atoms with van der Waals surface area (Å²) in [7, 11) is 0. The van der Waals surface area contributed by atoms with Crippen molar-refractivity contribution in [1.29, 1.82) is 0 Å². The highest BCUT2D eigenvalue weighted by molar-refractivity contribution is 5.99. The fourth-order valence-electron chi connectivity index (χ4n) is 5.19. The number of carbonyl (C=O) groups excluding carboxylic acids is 5. The molecule has 0 heterocycles. The first-order chi connectivity index (χ1) is 24.4. The largest absolute Gasteiger partial charge is 0.508 e. The second kappa shape index (κ2) is 20.3. The minimum Gasteiger partial charge on any atom is -0.508 e. The lowest BCUT2D eigenvalue weighted by molar-refractivity contribution is -0.384. The van der Waals surface area contributed by atoms with Crippen LogP contribution in [0.3, 0.4) is 0 Å². The number of phenolic OH excluding ortho intramolecular Hbond substituents is 1. The van der Waals surface area contributed by atoms with Crippen molar-refractivity contribution < 1.29 is 43.9 Å². The minimum absolute atomic E-state index is 0.00128. The van der Waals surface area contributed by atoms with Crippen molar-refractivity contribution in [3.05, 3.63) is 64.2 Å². The number of nitro benzene ring substituents is 1. The Balaban J connectivity index is 2.29. The van der Waals surface area contributed by atoms with E-state index in [2.05, 4.69) is 26.6 Å². The zero-order valence-electron chi connectivity index (χ0n) is 30.3. The van der Waals surface area contributed by atoms with Crippen LogP contribution in [0.4, 0.5) is 11.4 Å². The van der Waals surface area contributed by atoms with Crippen LogP contribution < -0.4 is 26.6 Å². The second-order valence-electron chi connectivity index (χ2n) is 13.8. The van der Waals surface area contributed by atoms with Crippen molar-refractivity contribution in [1.82, 2.24) is 21.3 Å². The van der Waals surface area contributed by atoms with E-state index in [1.54, 1.807) is 26.0 Å². The molecular formula is C36H50N6O10. The first kappa shape index (κ1) is 42.6. The van der Waals surface area contributed by atoms with E-state index in [9.17, 15) is 44.0 Å². The van der Waals surface area contributed by atoms with Crippen LogP contribution in [0.2, 0.25) is 0 Å². The first-order valence-corrected chi connectivity index (χ1v) is 17.1. The molecule has 0 spiro atoms. The molecule has 52 heavy (non-hydrogen) atoms. The number of rotatable bonds is 20. The van der Waals surface area contributed by atoms with Crippen LogP contribution in [0.5, 0.6) is 5.75 Å². The molecule has 4 unspecified atom stereocenters. The molecule has 0 fully saturated rings. The molecule has 0 bridgehead atoms. The van der Waals surface area contributed by atoms with Gasteiger partial charge in [-0.15, -0.1) is 0 Å². The van der Waals surface area contributed by atoms with Crippen molar-refractivity contribution in [2.75, 3.05) is 5.32 Å². The number of carboxylic acid groups (broad SMARTS) is 1. The summed E-state index contributed by atoms with van der Waals surface area (Å²) in [4.78, 5) is 88.2. The zero-order chi connectivity index (χ0) is 39.1. The zero-order valence-corrected chi connectivity index (χ0v) is 30.3.